The molecule has 4 heteroatoms. The molecule has 2 atom stereocenters. The zero-order valence-electron chi connectivity index (χ0n) is 12.5. The summed E-state index contributed by atoms with van der Waals surface area (Å²) in [6, 6.07) is 16.5. The molecule has 0 saturated carbocycles. The van der Waals surface area contributed by atoms with Crippen LogP contribution in [0.1, 0.15) is 37.0 Å². The molecule has 0 heterocycles. The quantitative estimate of drug-likeness (QED) is 0.709. The summed E-state index contributed by atoms with van der Waals surface area (Å²) in [4.78, 5) is 0. The van der Waals surface area contributed by atoms with Crippen LogP contribution in [0.5, 0.6) is 0 Å². The van der Waals surface area contributed by atoms with Crippen molar-refractivity contribution in [3.8, 4) is 0 Å². The summed E-state index contributed by atoms with van der Waals surface area (Å²) < 4.78 is 46.8. The average Bonchev–Trinajstić information content (AvgIpc) is 2.47. The maximum atomic E-state index is 13.7. The normalized spacial score (nSPS) is 14.8. The van der Waals surface area contributed by atoms with E-state index in [0.29, 0.717) is 5.56 Å². The lowest BCUT2D eigenvalue weighted by molar-refractivity contribution is -0.186. The third-order valence-electron chi connectivity index (χ3n) is 3.36. The molecule has 1 nitrogen and oxygen atoms in total. The number of alkyl halides is 3. The topological polar surface area (TPSA) is 9.23 Å². The van der Waals surface area contributed by atoms with Gasteiger partial charge < -0.3 is 4.74 Å². The van der Waals surface area contributed by atoms with Gasteiger partial charge in [-0.25, -0.2) is 0 Å². The molecule has 0 bridgehead atoms. The summed E-state index contributed by atoms with van der Waals surface area (Å²) in [7, 11) is 0. The second kappa shape index (κ2) is 6.97. The van der Waals surface area contributed by atoms with E-state index in [-0.39, 0.29) is 11.7 Å². The highest BCUT2D eigenvalue weighted by atomic mass is 19.4. The van der Waals surface area contributed by atoms with Gasteiger partial charge in [-0.2, -0.15) is 13.2 Å². The highest BCUT2D eigenvalue weighted by molar-refractivity contribution is 5.28. The third kappa shape index (κ3) is 4.10. The Morgan fingerprint density at radius 1 is 0.773 bits per heavy atom. The van der Waals surface area contributed by atoms with Crippen LogP contribution in [-0.2, 0) is 4.74 Å². The van der Waals surface area contributed by atoms with E-state index in [4.69, 9.17) is 4.74 Å². The van der Waals surface area contributed by atoms with Gasteiger partial charge in [-0.3, -0.25) is 0 Å². The van der Waals surface area contributed by atoms with Crippen molar-refractivity contribution in [2.75, 3.05) is 0 Å². The standard InChI is InChI=1S/C18H19F3O/c1-13(2)22-17(15-11-7-4-8-12-15)16(18(19,20)21)14-9-5-3-6-10-14/h3-13,16-17H,1-2H3/t16-,17-/m1/s1. The van der Waals surface area contributed by atoms with Crippen molar-refractivity contribution >= 4 is 0 Å². The Hall–Kier alpha value is -1.81. The van der Waals surface area contributed by atoms with E-state index in [1.54, 1.807) is 62.4 Å². The molecule has 118 valence electrons. The van der Waals surface area contributed by atoms with Gasteiger partial charge in [-0.15, -0.1) is 0 Å². The van der Waals surface area contributed by atoms with Crippen LogP contribution in [0.15, 0.2) is 60.7 Å². The zero-order valence-corrected chi connectivity index (χ0v) is 12.5. The van der Waals surface area contributed by atoms with Gasteiger partial charge in [0.25, 0.3) is 0 Å². The summed E-state index contributed by atoms with van der Waals surface area (Å²) in [6.07, 6.45) is -5.76. The molecule has 0 spiro atoms. The van der Waals surface area contributed by atoms with Gasteiger partial charge in [0, 0.05) is 0 Å². The van der Waals surface area contributed by atoms with Crippen LogP contribution < -0.4 is 0 Å². The van der Waals surface area contributed by atoms with Crippen LogP contribution in [-0.4, -0.2) is 12.3 Å². The summed E-state index contributed by atoms with van der Waals surface area (Å²) in [5.74, 6) is -1.70. The van der Waals surface area contributed by atoms with Crippen molar-refractivity contribution in [2.24, 2.45) is 0 Å². The Labute approximate surface area is 128 Å². The monoisotopic (exact) mass is 308 g/mol. The van der Waals surface area contributed by atoms with Crippen LogP contribution >= 0.6 is 0 Å². The molecule has 0 aliphatic heterocycles. The maximum Gasteiger partial charge on any atom is 0.398 e. The lowest BCUT2D eigenvalue weighted by Gasteiger charge is -2.31. The molecular formula is C18H19F3O. The first-order chi connectivity index (χ1) is 10.4. The SMILES string of the molecule is CC(C)O[C@H](c1ccccc1)[C@@H](c1ccccc1)C(F)(F)F. The Bertz CT molecular complexity index is 564. The lowest BCUT2D eigenvalue weighted by atomic mass is 9.88. The van der Waals surface area contributed by atoms with Crippen LogP contribution in [0.2, 0.25) is 0 Å². The number of halogens is 3. The minimum Gasteiger partial charge on any atom is -0.370 e. The van der Waals surface area contributed by atoms with Crippen molar-refractivity contribution in [3.63, 3.8) is 0 Å². The first kappa shape index (κ1) is 16.6. The van der Waals surface area contributed by atoms with Crippen LogP contribution in [0.4, 0.5) is 13.2 Å². The molecule has 0 aliphatic rings. The van der Waals surface area contributed by atoms with Crippen molar-refractivity contribution in [3.05, 3.63) is 71.8 Å². The number of hydrogen-bond donors (Lipinski definition) is 0. The van der Waals surface area contributed by atoms with Crippen LogP contribution in [0, 0.1) is 0 Å². The minimum absolute atomic E-state index is 0.213. The minimum atomic E-state index is -4.39. The molecule has 0 aliphatic carbocycles. The van der Waals surface area contributed by atoms with Gasteiger partial charge in [0.15, 0.2) is 0 Å². The van der Waals surface area contributed by atoms with Crippen molar-refractivity contribution < 1.29 is 17.9 Å². The third-order valence-corrected chi connectivity index (χ3v) is 3.36. The van der Waals surface area contributed by atoms with Gasteiger partial charge in [0.05, 0.1) is 12.2 Å². The molecule has 2 aromatic carbocycles. The second-order valence-corrected chi connectivity index (χ2v) is 5.45. The number of rotatable bonds is 5. The molecule has 0 amide bonds. The Morgan fingerprint density at radius 2 is 1.23 bits per heavy atom. The largest absolute Gasteiger partial charge is 0.398 e. The molecule has 0 radical (unpaired) electrons. The zero-order chi connectivity index (χ0) is 16.2. The van der Waals surface area contributed by atoms with Gasteiger partial charge >= 0.3 is 6.18 Å². The fourth-order valence-electron chi connectivity index (χ4n) is 2.48. The number of hydrogen-bond acceptors (Lipinski definition) is 1. The summed E-state index contributed by atoms with van der Waals surface area (Å²) >= 11 is 0. The van der Waals surface area contributed by atoms with Crippen LogP contribution in [0.3, 0.4) is 0 Å². The predicted octanol–water partition coefficient (Wildman–Crippen LogP) is 5.50. The summed E-state index contributed by atoms with van der Waals surface area (Å²) in [6.45, 7) is 3.49. The number of ether oxygens (including phenoxy) is 1. The molecular weight excluding hydrogens is 289 g/mol. The highest BCUT2D eigenvalue weighted by Gasteiger charge is 2.47. The fourth-order valence-corrected chi connectivity index (χ4v) is 2.48. The molecule has 2 aromatic rings. The smallest absolute Gasteiger partial charge is 0.370 e. The molecule has 0 saturated heterocycles. The van der Waals surface area contributed by atoms with E-state index in [2.05, 4.69) is 0 Å². The van der Waals surface area contributed by atoms with E-state index in [9.17, 15) is 13.2 Å². The molecule has 0 unspecified atom stereocenters. The van der Waals surface area contributed by atoms with Gasteiger partial charge in [0.1, 0.15) is 5.92 Å². The van der Waals surface area contributed by atoms with E-state index in [1.165, 1.54) is 12.1 Å². The molecule has 2 rings (SSSR count). The lowest BCUT2D eigenvalue weighted by Crippen LogP contribution is -2.30. The van der Waals surface area contributed by atoms with Gasteiger partial charge in [-0.05, 0) is 25.0 Å². The van der Waals surface area contributed by atoms with Crippen LogP contribution in [0.25, 0.3) is 0 Å². The first-order valence-electron chi connectivity index (χ1n) is 7.21. The Morgan fingerprint density at radius 3 is 1.64 bits per heavy atom. The summed E-state index contributed by atoms with van der Waals surface area (Å²) in [5.41, 5.74) is 0.742. The molecule has 0 N–H and O–H groups in total. The first-order valence-corrected chi connectivity index (χ1v) is 7.21. The maximum absolute atomic E-state index is 13.7. The molecule has 0 aromatic heterocycles. The average molecular weight is 308 g/mol. The second-order valence-electron chi connectivity index (χ2n) is 5.45. The van der Waals surface area contributed by atoms with Gasteiger partial charge in [0.2, 0.25) is 0 Å². The Kier molecular flexibility index (Phi) is 5.24. The predicted molar refractivity (Wildman–Crippen MR) is 80.6 cm³/mol. The van der Waals surface area contributed by atoms with E-state index in [0.717, 1.165) is 0 Å². The van der Waals surface area contributed by atoms with E-state index < -0.39 is 18.2 Å². The van der Waals surface area contributed by atoms with Crippen molar-refractivity contribution in [2.45, 2.75) is 38.1 Å². The highest BCUT2D eigenvalue weighted by Crippen LogP contribution is 2.45. The molecule has 22 heavy (non-hydrogen) atoms. The van der Waals surface area contributed by atoms with E-state index >= 15 is 0 Å². The van der Waals surface area contributed by atoms with Crippen molar-refractivity contribution in [1.82, 2.24) is 0 Å². The Balaban J connectivity index is 2.49. The van der Waals surface area contributed by atoms with Crippen molar-refractivity contribution in [1.29, 1.82) is 0 Å². The number of benzene rings is 2. The van der Waals surface area contributed by atoms with Gasteiger partial charge in [-0.1, -0.05) is 60.7 Å². The van der Waals surface area contributed by atoms with E-state index in [1.807, 2.05) is 0 Å². The summed E-state index contributed by atoms with van der Waals surface area (Å²) in [5, 5.41) is 0. The molecule has 0 fully saturated rings. The fraction of sp³-hybridized carbons (Fsp3) is 0.333.